The number of ether oxygens (including phenoxy) is 2. The maximum absolute atomic E-state index is 14.7. The van der Waals surface area contributed by atoms with Gasteiger partial charge in [-0.25, -0.2) is 26.3 Å². The van der Waals surface area contributed by atoms with Gasteiger partial charge in [-0.3, -0.25) is 0 Å². The maximum atomic E-state index is 14.7. The molecule has 0 spiro atoms. The van der Waals surface area contributed by atoms with Gasteiger partial charge in [-0.2, -0.15) is 0 Å². The molecule has 0 aliphatic rings. The second kappa shape index (κ2) is 15.2. The first-order valence-corrected chi connectivity index (χ1v) is 14.9. The molecule has 4 aromatic rings. The molecular weight excluding hydrogens is 578 g/mol. The van der Waals surface area contributed by atoms with E-state index < -0.39 is 34.9 Å². The monoisotopic (exact) mass is 614 g/mol. The lowest BCUT2D eigenvalue weighted by atomic mass is 9.95. The summed E-state index contributed by atoms with van der Waals surface area (Å²) in [7, 11) is 0. The van der Waals surface area contributed by atoms with Crippen LogP contribution in [0, 0.1) is 47.7 Å². The lowest BCUT2D eigenvalue weighted by Gasteiger charge is -2.16. The smallest absolute Gasteiger partial charge is 0.134 e. The van der Waals surface area contributed by atoms with Crippen LogP contribution in [0.25, 0.3) is 22.3 Å². The van der Waals surface area contributed by atoms with Crippen molar-refractivity contribution in [1.29, 1.82) is 0 Å². The minimum atomic E-state index is -0.730. The second-order valence-electron chi connectivity index (χ2n) is 10.9. The molecule has 0 saturated carbocycles. The molecule has 4 rings (SSSR count). The molecule has 0 heterocycles. The van der Waals surface area contributed by atoms with Gasteiger partial charge >= 0.3 is 0 Å². The molecule has 0 bridgehead atoms. The first kappa shape index (κ1) is 33.0. The van der Waals surface area contributed by atoms with Crippen LogP contribution < -0.4 is 9.47 Å². The number of halogens is 6. The minimum Gasteiger partial charge on any atom is -0.493 e. The van der Waals surface area contributed by atoms with E-state index in [1.165, 1.54) is 31.2 Å². The number of benzene rings is 4. The van der Waals surface area contributed by atoms with E-state index in [0.717, 1.165) is 56.4 Å². The summed E-state index contributed by atoms with van der Waals surface area (Å²) in [4.78, 5) is 0. The van der Waals surface area contributed by atoms with Crippen molar-refractivity contribution in [3.63, 3.8) is 0 Å². The van der Waals surface area contributed by atoms with E-state index in [4.69, 9.17) is 9.47 Å². The second-order valence-corrected chi connectivity index (χ2v) is 10.9. The molecule has 234 valence electrons. The van der Waals surface area contributed by atoms with Gasteiger partial charge in [0.1, 0.15) is 46.4 Å². The van der Waals surface area contributed by atoms with Gasteiger partial charge in [0.15, 0.2) is 0 Å². The van der Waals surface area contributed by atoms with E-state index in [2.05, 4.69) is 6.92 Å². The van der Waals surface area contributed by atoms with Crippen LogP contribution in [0.3, 0.4) is 0 Å². The van der Waals surface area contributed by atoms with Crippen LogP contribution in [0.15, 0.2) is 60.7 Å². The third kappa shape index (κ3) is 8.16. The van der Waals surface area contributed by atoms with E-state index in [1.54, 1.807) is 19.1 Å². The predicted octanol–water partition coefficient (Wildman–Crippen LogP) is 10.8. The summed E-state index contributed by atoms with van der Waals surface area (Å²) in [6, 6.07) is 13.0. The number of hydrogen-bond acceptors (Lipinski definition) is 2. The summed E-state index contributed by atoms with van der Waals surface area (Å²) in [6.07, 6.45) is 4.47. The van der Waals surface area contributed by atoms with Crippen LogP contribution >= 0.6 is 0 Å². The van der Waals surface area contributed by atoms with Gasteiger partial charge in [0.25, 0.3) is 0 Å². The van der Waals surface area contributed by atoms with Gasteiger partial charge in [-0.15, -0.1) is 0 Å². The average Bonchev–Trinajstić information content (AvgIpc) is 2.98. The summed E-state index contributed by atoms with van der Waals surface area (Å²) in [5.74, 6) is -3.00. The summed E-state index contributed by atoms with van der Waals surface area (Å²) in [5, 5.41) is 0. The standard InChI is InChI=1S/C36H36F6O2/c1-4-23(8-6-14-43-26-10-12-29(35(41)20-26)24-16-31(37)22(3)32(38)17-24)9-7-15-44-27-11-13-30(36(42)21-27)25-18-33(39)28(5-2)34(40)19-25/h10-13,16-21,23H,4-9,14-15H2,1-3H3. The highest BCUT2D eigenvalue weighted by Gasteiger charge is 2.15. The highest BCUT2D eigenvalue weighted by Crippen LogP contribution is 2.31. The Morgan fingerprint density at radius 3 is 1.39 bits per heavy atom. The average molecular weight is 615 g/mol. The summed E-state index contributed by atoms with van der Waals surface area (Å²) in [6.45, 7) is 5.86. The van der Waals surface area contributed by atoms with Gasteiger partial charge in [0.2, 0.25) is 0 Å². The van der Waals surface area contributed by atoms with Crippen molar-refractivity contribution in [3.8, 4) is 33.8 Å². The molecule has 8 heteroatoms. The van der Waals surface area contributed by atoms with Crippen molar-refractivity contribution >= 4 is 0 Å². The third-order valence-corrected chi connectivity index (χ3v) is 7.91. The lowest BCUT2D eigenvalue weighted by molar-refractivity contribution is 0.265. The third-order valence-electron chi connectivity index (χ3n) is 7.91. The Bertz CT molecular complexity index is 1540. The highest BCUT2D eigenvalue weighted by molar-refractivity contribution is 5.66. The normalized spacial score (nSPS) is 11.9. The topological polar surface area (TPSA) is 18.5 Å². The van der Waals surface area contributed by atoms with Crippen molar-refractivity contribution in [2.24, 2.45) is 5.92 Å². The van der Waals surface area contributed by atoms with Gasteiger partial charge in [-0.1, -0.05) is 20.3 Å². The van der Waals surface area contributed by atoms with Crippen LogP contribution in [0.4, 0.5) is 26.3 Å². The molecular formula is C36H36F6O2. The number of rotatable bonds is 14. The van der Waals surface area contributed by atoms with E-state index in [0.29, 0.717) is 30.6 Å². The summed E-state index contributed by atoms with van der Waals surface area (Å²) >= 11 is 0. The van der Waals surface area contributed by atoms with Crippen LogP contribution in [0.2, 0.25) is 0 Å². The maximum Gasteiger partial charge on any atom is 0.134 e. The first-order valence-electron chi connectivity index (χ1n) is 14.9. The Labute approximate surface area is 254 Å². The van der Waals surface area contributed by atoms with E-state index in [-0.39, 0.29) is 39.8 Å². The Hall–Kier alpha value is -3.94. The fourth-order valence-electron chi connectivity index (χ4n) is 5.21. The molecule has 4 aromatic carbocycles. The van der Waals surface area contributed by atoms with Crippen LogP contribution in [-0.2, 0) is 6.42 Å². The van der Waals surface area contributed by atoms with E-state index >= 15 is 0 Å². The first-order chi connectivity index (χ1) is 21.1. The van der Waals surface area contributed by atoms with Gasteiger partial charge in [0.05, 0.1) is 13.2 Å². The van der Waals surface area contributed by atoms with Crippen molar-refractivity contribution < 1.29 is 35.8 Å². The van der Waals surface area contributed by atoms with Gasteiger partial charge in [-0.05, 0) is 105 Å². The molecule has 44 heavy (non-hydrogen) atoms. The summed E-state index contributed by atoms with van der Waals surface area (Å²) < 4.78 is 97.0. The Morgan fingerprint density at radius 1 is 0.568 bits per heavy atom. The van der Waals surface area contributed by atoms with Crippen molar-refractivity contribution in [1.82, 2.24) is 0 Å². The van der Waals surface area contributed by atoms with Crippen LogP contribution in [0.5, 0.6) is 11.5 Å². The van der Waals surface area contributed by atoms with Crippen molar-refractivity contribution in [2.75, 3.05) is 13.2 Å². The quantitative estimate of drug-likeness (QED) is 0.104. The fourth-order valence-corrected chi connectivity index (χ4v) is 5.21. The number of hydrogen-bond donors (Lipinski definition) is 0. The molecule has 0 N–H and O–H groups in total. The molecule has 1 unspecified atom stereocenters. The molecule has 0 saturated heterocycles. The van der Waals surface area contributed by atoms with Crippen molar-refractivity contribution in [3.05, 3.63) is 107 Å². The van der Waals surface area contributed by atoms with Crippen LogP contribution in [0.1, 0.15) is 57.1 Å². The SMILES string of the molecule is CCc1c(F)cc(-c2ccc(OCCCC(CC)CCCOc3ccc(-c4cc(F)c(C)c(F)c4)c(F)c3)cc2F)cc1F. The largest absolute Gasteiger partial charge is 0.493 e. The molecule has 0 fully saturated rings. The lowest BCUT2D eigenvalue weighted by Crippen LogP contribution is -2.06. The molecule has 2 nitrogen and oxygen atoms in total. The molecule has 0 aliphatic heterocycles. The fraction of sp³-hybridized carbons (Fsp3) is 0.333. The van der Waals surface area contributed by atoms with Crippen LogP contribution in [-0.4, -0.2) is 13.2 Å². The molecule has 1 atom stereocenters. The Kier molecular flexibility index (Phi) is 11.4. The molecule has 0 radical (unpaired) electrons. The zero-order valence-corrected chi connectivity index (χ0v) is 25.1. The van der Waals surface area contributed by atoms with Gasteiger partial charge in [0, 0.05) is 34.4 Å². The molecule has 0 aromatic heterocycles. The van der Waals surface area contributed by atoms with Gasteiger partial charge < -0.3 is 9.47 Å². The summed E-state index contributed by atoms with van der Waals surface area (Å²) in [5.41, 5.74) is 0.314. The molecule has 0 aliphatic carbocycles. The Balaban J connectivity index is 1.20. The van der Waals surface area contributed by atoms with E-state index in [9.17, 15) is 26.3 Å². The zero-order valence-electron chi connectivity index (χ0n) is 25.1. The van der Waals surface area contributed by atoms with Crippen molar-refractivity contribution in [2.45, 2.75) is 59.3 Å². The minimum absolute atomic E-state index is 0.0226. The molecule has 0 amide bonds. The predicted molar refractivity (Wildman–Crippen MR) is 161 cm³/mol. The Morgan fingerprint density at radius 2 is 1.00 bits per heavy atom. The zero-order chi connectivity index (χ0) is 31.8. The highest BCUT2D eigenvalue weighted by atomic mass is 19.2. The van der Waals surface area contributed by atoms with E-state index in [1.807, 2.05) is 0 Å².